The number of pyridine rings is 1. The van der Waals surface area contributed by atoms with Gasteiger partial charge in [0.2, 0.25) is 0 Å². The second-order valence-electron chi connectivity index (χ2n) is 4.77. The van der Waals surface area contributed by atoms with E-state index in [2.05, 4.69) is 4.98 Å². The Kier molecular flexibility index (Phi) is 5.13. The summed E-state index contributed by atoms with van der Waals surface area (Å²) < 4.78 is 0. The highest BCUT2D eigenvalue weighted by Crippen LogP contribution is 2.18. The van der Waals surface area contributed by atoms with Crippen LogP contribution in [0, 0.1) is 5.92 Å². The van der Waals surface area contributed by atoms with Crippen LogP contribution in [0.3, 0.4) is 0 Å². The van der Waals surface area contributed by atoms with Crippen LogP contribution in [0.1, 0.15) is 17.5 Å². The van der Waals surface area contributed by atoms with Crippen LogP contribution >= 0.6 is 11.6 Å². The molecule has 0 amide bonds. The molecule has 1 aromatic heterocycles. The number of carboxylic acid groups (broad SMARTS) is 1. The zero-order chi connectivity index (χ0) is 14.4. The van der Waals surface area contributed by atoms with Crippen molar-refractivity contribution in [3.63, 3.8) is 0 Å². The van der Waals surface area contributed by atoms with Gasteiger partial charge in [-0.2, -0.15) is 0 Å². The first-order valence-electron chi connectivity index (χ1n) is 6.51. The number of nitrogens with zero attached hydrogens (tertiary/aromatic N) is 1. The molecule has 1 atom stereocenters. The largest absolute Gasteiger partial charge is 0.481 e. The molecule has 1 unspecified atom stereocenters. The Morgan fingerprint density at radius 2 is 2.05 bits per heavy atom. The molecule has 0 fully saturated rings. The number of benzene rings is 1. The Morgan fingerprint density at radius 3 is 2.70 bits per heavy atom. The summed E-state index contributed by atoms with van der Waals surface area (Å²) >= 11 is 5.93. The van der Waals surface area contributed by atoms with Gasteiger partial charge in [-0.15, -0.1) is 0 Å². The quantitative estimate of drug-likeness (QED) is 0.884. The lowest BCUT2D eigenvalue weighted by atomic mass is 9.93. The summed E-state index contributed by atoms with van der Waals surface area (Å²) in [6, 6.07) is 11.2. The highest BCUT2D eigenvalue weighted by Gasteiger charge is 2.18. The number of hydrogen-bond acceptors (Lipinski definition) is 2. The van der Waals surface area contributed by atoms with Crippen molar-refractivity contribution in [2.24, 2.45) is 5.92 Å². The van der Waals surface area contributed by atoms with Gasteiger partial charge in [-0.25, -0.2) is 0 Å². The van der Waals surface area contributed by atoms with Crippen LogP contribution in [-0.2, 0) is 17.6 Å². The zero-order valence-corrected chi connectivity index (χ0v) is 11.8. The first-order valence-corrected chi connectivity index (χ1v) is 6.89. The Morgan fingerprint density at radius 1 is 1.25 bits per heavy atom. The topological polar surface area (TPSA) is 50.2 Å². The maximum atomic E-state index is 11.4. The van der Waals surface area contributed by atoms with Crippen molar-refractivity contribution in [3.8, 4) is 0 Å². The number of aliphatic carboxylic acids is 1. The molecule has 1 aromatic carbocycles. The third-order valence-corrected chi connectivity index (χ3v) is 3.46. The van der Waals surface area contributed by atoms with Crippen LogP contribution < -0.4 is 0 Å². The summed E-state index contributed by atoms with van der Waals surface area (Å²) in [6.45, 7) is 0. The molecule has 0 aliphatic carbocycles. The Balaban J connectivity index is 1.99. The highest BCUT2D eigenvalue weighted by atomic mass is 35.5. The van der Waals surface area contributed by atoms with Gasteiger partial charge in [-0.05, 0) is 48.6 Å². The molecule has 20 heavy (non-hydrogen) atoms. The van der Waals surface area contributed by atoms with E-state index in [-0.39, 0.29) is 0 Å². The van der Waals surface area contributed by atoms with Gasteiger partial charge < -0.3 is 5.11 Å². The van der Waals surface area contributed by atoms with Crippen LogP contribution in [0.5, 0.6) is 0 Å². The molecule has 2 rings (SSSR count). The van der Waals surface area contributed by atoms with Crippen molar-refractivity contribution in [3.05, 3.63) is 64.9 Å². The lowest BCUT2D eigenvalue weighted by Gasteiger charge is -2.12. The van der Waals surface area contributed by atoms with E-state index in [9.17, 15) is 9.90 Å². The minimum atomic E-state index is -0.770. The maximum Gasteiger partial charge on any atom is 0.306 e. The number of halogens is 1. The smallest absolute Gasteiger partial charge is 0.306 e. The zero-order valence-electron chi connectivity index (χ0n) is 11.0. The summed E-state index contributed by atoms with van der Waals surface area (Å²) in [7, 11) is 0. The van der Waals surface area contributed by atoms with Crippen LogP contribution in [-0.4, -0.2) is 16.1 Å². The van der Waals surface area contributed by atoms with Crippen molar-refractivity contribution in [2.45, 2.75) is 19.3 Å². The first kappa shape index (κ1) is 14.5. The fourth-order valence-corrected chi connectivity index (χ4v) is 2.36. The molecule has 4 heteroatoms. The Bertz CT molecular complexity index is 572. The molecule has 2 aromatic rings. The van der Waals surface area contributed by atoms with Gasteiger partial charge in [-0.1, -0.05) is 29.8 Å². The maximum absolute atomic E-state index is 11.4. The summed E-state index contributed by atoms with van der Waals surface area (Å²) in [5.74, 6) is -1.18. The second kappa shape index (κ2) is 7.06. The fraction of sp³-hybridized carbons (Fsp3) is 0.250. The molecule has 0 radical (unpaired) electrons. The molecule has 0 aliphatic heterocycles. The predicted molar refractivity (Wildman–Crippen MR) is 78.8 cm³/mol. The third-order valence-electron chi connectivity index (χ3n) is 3.22. The molecule has 104 valence electrons. The van der Waals surface area contributed by atoms with E-state index >= 15 is 0 Å². The molecule has 0 saturated heterocycles. The van der Waals surface area contributed by atoms with Crippen LogP contribution in [0.25, 0.3) is 0 Å². The van der Waals surface area contributed by atoms with Crippen molar-refractivity contribution >= 4 is 17.6 Å². The van der Waals surface area contributed by atoms with Crippen LogP contribution in [0.15, 0.2) is 48.8 Å². The van der Waals surface area contributed by atoms with Gasteiger partial charge in [0.1, 0.15) is 0 Å². The Labute approximate surface area is 123 Å². The van der Waals surface area contributed by atoms with Crippen molar-refractivity contribution < 1.29 is 9.90 Å². The van der Waals surface area contributed by atoms with E-state index in [0.29, 0.717) is 24.3 Å². The lowest BCUT2D eigenvalue weighted by molar-refractivity contribution is -0.141. The predicted octanol–water partition coefficient (Wildman–Crippen LogP) is 3.61. The SMILES string of the molecule is O=C(O)C(CCc1cccnc1)Cc1cccc(Cl)c1. The Hall–Kier alpha value is -1.87. The molecule has 0 aliphatic rings. The van der Waals surface area contributed by atoms with Gasteiger partial charge in [0.15, 0.2) is 0 Å². The number of aryl methyl sites for hydroxylation is 1. The van der Waals surface area contributed by atoms with E-state index in [4.69, 9.17) is 11.6 Å². The van der Waals surface area contributed by atoms with Crippen LogP contribution in [0.2, 0.25) is 5.02 Å². The molecule has 0 saturated carbocycles. The summed E-state index contributed by atoms with van der Waals surface area (Å²) in [5, 5.41) is 9.97. The van der Waals surface area contributed by atoms with Crippen molar-refractivity contribution in [2.75, 3.05) is 0 Å². The highest BCUT2D eigenvalue weighted by molar-refractivity contribution is 6.30. The summed E-state index contributed by atoms with van der Waals surface area (Å²) in [5.41, 5.74) is 2.01. The van der Waals surface area contributed by atoms with Crippen LogP contribution in [0.4, 0.5) is 0 Å². The molecular weight excluding hydrogens is 274 g/mol. The standard InChI is InChI=1S/C16H16ClNO2/c17-15-5-1-3-13(10-15)9-14(16(19)20)7-6-12-4-2-8-18-11-12/h1-5,8,10-11,14H,6-7,9H2,(H,19,20). The second-order valence-corrected chi connectivity index (χ2v) is 5.21. The number of rotatable bonds is 6. The minimum absolute atomic E-state index is 0.409. The third kappa shape index (κ3) is 4.35. The van der Waals surface area contributed by atoms with Crippen molar-refractivity contribution in [1.82, 2.24) is 4.98 Å². The first-order chi connectivity index (χ1) is 9.65. The number of aromatic nitrogens is 1. The molecule has 3 nitrogen and oxygen atoms in total. The molecule has 0 bridgehead atoms. The molecule has 1 heterocycles. The molecule has 0 spiro atoms. The summed E-state index contributed by atoms with van der Waals surface area (Å²) in [6.07, 6.45) is 5.29. The number of hydrogen-bond donors (Lipinski definition) is 1. The van der Waals surface area contributed by atoms with Gasteiger partial charge in [-0.3, -0.25) is 9.78 Å². The number of carboxylic acids is 1. The molecular formula is C16H16ClNO2. The fourth-order valence-electron chi connectivity index (χ4n) is 2.15. The van der Waals surface area contributed by atoms with E-state index in [1.54, 1.807) is 18.5 Å². The van der Waals surface area contributed by atoms with Gasteiger partial charge in [0.05, 0.1) is 5.92 Å². The van der Waals surface area contributed by atoms with E-state index in [0.717, 1.165) is 11.1 Å². The van der Waals surface area contributed by atoms with E-state index in [1.807, 2.05) is 30.3 Å². The monoisotopic (exact) mass is 289 g/mol. The lowest BCUT2D eigenvalue weighted by Crippen LogP contribution is -2.17. The van der Waals surface area contributed by atoms with Crippen molar-refractivity contribution in [1.29, 1.82) is 0 Å². The average molecular weight is 290 g/mol. The van der Waals surface area contributed by atoms with E-state index < -0.39 is 11.9 Å². The number of carbonyl (C=O) groups is 1. The van der Waals surface area contributed by atoms with Gasteiger partial charge >= 0.3 is 5.97 Å². The normalized spacial score (nSPS) is 12.1. The summed E-state index contributed by atoms with van der Waals surface area (Å²) in [4.78, 5) is 15.4. The molecule has 1 N–H and O–H groups in total. The van der Waals surface area contributed by atoms with E-state index in [1.165, 1.54) is 0 Å². The van der Waals surface area contributed by atoms with Gasteiger partial charge in [0.25, 0.3) is 0 Å². The van der Waals surface area contributed by atoms with Gasteiger partial charge in [0, 0.05) is 17.4 Å². The average Bonchev–Trinajstić information content (AvgIpc) is 2.44. The minimum Gasteiger partial charge on any atom is -0.481 e.